The fraction of sp³-hybridized carbons (Fsp3) is 1.00. The Balaban J connectivity index is 3.28. The maximum atomic E-state index is 5.36. The van der Waals surface area contributed by atoms with Crippen molar-refractivity contribution in [2.75, 3.05) is 6.61 Å². The Morgan fingerprint density at radius 3 is 2.00 bits per heavy atom. The molecule has 1 nitrogen and oxygen atoms in total. The summed E-state index contributed by atoms with van der Waals surface area (Å²) >= 11 is 0. The third-order valence-corrected chi connectivity index (χ3v) is 1.06. The summed E-state index contributed by atoms with van der Waals surface area (Å²) in [6, 6.07) is 0. The lowest BCUT2D eigenvalue weighted by molar-refractivity contribution is 0.0773. The first-order valence-electron chi connectivity index (χ1n) is 3.11. The normalized spacial score (nSPS) is 12.7. The van der Waals surface area contributed by atoms with E-state index in [4.69, 9.17) is 4.74 Å². The molecule has 0 amide bonds. The van der Waals surface area contributed by atoms with Gasteiger partial charge in [-0.05, 0) is 13.8 Å². The minimum absolute atomic E-state index is 0.143. The fourth-order valence-electron chi connectivity index (χ4n) is 0.346. The first kappa shape index (κ1) is 9.82. The average molecular weight is 166 g/mol. The van der Waals surface area contributed by atoms with Crippen LogP contribution in [0.3, 0.4) is 0 Å². The summed E-state index contributed by atoms with van der Waals surface area (Å²) in [5.74, 6) is 0. The SMILES string of the molecule is CC(C)OCC(C)(P)P. The molecule has 0 aliphatic heterocycles. The molecule has 2 atom stereocenters. The fourth-order valence-corrected chi connectivity index (χ4v) is 0.539. The maximum absolute atomic E-state index is 5.36. The molecule has 9 heavy (non-hydrogen) atoms. The van der Waals surface area contributed by atoms with Gasteiger partial charge in [0, 0.05) is 4.90 Å². The van der Waals surface area contributed by atoms with Crippen LogP contribution < -0.4 is 0 Å². The molecule has 0 bridgehead atoms. The minimum Gasteiger partial charge on any atom is -0.378 e. The van der Waals surface area contributed by atoms with E-state index in [1.165, 1.54) is 0 Å². The van der Waals surface area contributed by atoms with Crippen LogP contribution in [0.1, 0.15) is 20.8 Å². The van der Waals surface area contributed by atoms with Crippen LogP contribution >= 0.6 is 18.5 Å². The molecule has 0 rings (SSSR count). The van der Waals surface area contributed by atoms with E-state index in [9.17, 15) is 0 Å². The van der Waals surface area contributed by atoms with Crippen LogP contribution in [0.2, 0.25) is 0 Å². The third kappa shape index (κ3) is 8.82. The lowest BCUT2D eigenvalue weighted by Gasteiger charge is -2.19. The molecular weight excluding hydrogens is 150 g/mol. The van der Waals surface area contributed by atoms with Gasteiger partial charge in [0.2, 0.25) is 0 Å². The van der Waals surface area contributed by atoms with E-state index in [0.717, 1.165) is 6.61 Å². The van der Waals surface area contributed by atoms with E-state index in [0.29, 0.717) is 6.10 Å². The van der Waals surface area contributed by atoms with Crippen molar-refractivity contribution in [1.82, 2.24) is 0 Å². The Hall–Kier alpha value is 0.820. The summed E-state index contributed by atoms with van der Waals surface area (Å²) in [5.41, 5.74) is 0. The second-order valence-corrected chi connectivity index (χ2v) is 6.17. The highest BCUT2D eigenvalue weighted by Crippen LogP contribution is 2.25. The molecule has 56 valence electrons. The van der Waals surface area contributed by atoms with Gasteiger partial charge in [-0.25, -0.2) is 0 Å². The lowest BCUT2D eigenvalue weighted by Crippen LogP contribution is -2.17. The molecule has 0 fully saturated rings. The Morgan fingerprint density at radius 1 is 1.44 bits per heavy atom. The Bertz CT molecular complexity index is 75.6. The van der Waals surface area contributed by atoms with Gasteiger partial charge in [-0.3, -0.25) is 0 Å². The van der Waals surface area contributed by atoms with Crippen molar-refractivity contribution in [2.24, 2.45) is 0 Å². The molecule has 0 N–H and O–H groups in total. The van der Waals surface area contributed by atoms with Crippen LogP contribution in [0.5, 0.6) is 0 Å². The van der Waals surface area contributed by atoms with E-state index in [-0.39, 0.29) is 4.90 Å². The molecule has 0 heterocycles. The molecule has 0 aliphatic rings. The molecule has 0 spiro atoms. The van der Waals surface area contributed by atoms with Crippen LogP contribution in [0, 0.1) is 0 Å². The summed E-state index contributed by atoms with van der Waals surface area (Å²) < 4.78 is 5.36. The third-order valence-electron chi connectivity index (χ3n) is 0.728. The molecule has 0 saturated heterocycles. The highest BCUT2D eigenvalue weighted by Gasteiger charge is 2.10. The number of ether oxygens (including phenoxy) is 1. The predicted octanol–water partition coefficient (Wildman–Crippen LogP) is 1.88. The van der Waals surface area contributed by atoms with Gasteiger partial charge in [0.05, 0.1) is 12.7 Å². The van der Waals surface area contributed by atoms with Gasteiger partial charge >= 0.3 is 0 Å². The van der Waals surface area contributed by atoms with Crippen molar-refractivity contribution in [3.63, 3.8) is 0 Å². The standard InChI is InChI=1S/C6H16OP2/c1-5(2)7-4-6(3,8)9/h5H,4,8-9H2,1-3H3. The molecule has 0 radical (unpaired) electrons. The van der Waals surface area contributed by atoms with Crippen molar-refractivity contribution in [3.8, 4) is 0 Å². The van der Waals surface area contributed by atoms with E-state index in [1.807, 2.05) is 13.8 Å². The van der Waals surface area contributed by atoms with Crippen LogP contribution in [-0.2, 0) is 4.74 Å². The van der Waals surface area contributed by atoms with Gasteiger partial charge in [-0.1, -0.05) is 6.92 Å². The van der Waals surface area contributed by atoms with E-state index < -0.39 is 0 Å². The summed E-state index contributed by atoms with van der Waals surface area (Å²) in [4.78, 5) is 0.143. The van der Waals surface area contributed by atoms with E-state index >= 15 is 0 Å². The average Bonchev–Trinajstić information content (AvgIpc) is 1.59. The van der Waals surface area contributed by atoms with Crippen molar-refractivity contribution < 1.29 is 4.74 Å². The van der Waals surface area contributed by atoms with Crippen molar-refractivity contribution in [2.45, 2.75) is 31.8 Å². The lowest BCUT2D eigenvalue weighted by atomic mass is 10.4. The summed E-state index contributed by atoms with van der Waals surface area (Å²) in [6.07, 6.45) is 0.338. The number of rotatable bonds is 3. The zero-order valence-electron chi connectivity index (χ0n) is 6.35. The Morgan fingerprint density at radius 2 is 1.89 bits per heavy atom. The van der Waals surface area contributed by atoms with Crippen molar-refractivity contribution >= 4 is 18.5 Å². The van der Waals surface area contributed by atoms with Gasteiger partial charge in [-0.2, -0.15) is 0 Å². The van der Waals surface area contributed by atoms with Crippen LogP contribution in [0.15, 0.2) is 0 Å². The van der Waals surface area contributed by atoms with Gasteiger partial charge in [0.25, 0.3) is 0 Å². The van der Waals surface area contributed by atoms with Crippen LogP contribution in [0.4, 0.5) is 0 Å². The monoisotopic (exact) mass is 166 g/mol. The second kappa shape index (κ2) is 3.86. The number of hydrogen-bond acceptors (Lipinski definition) is 1. The second-order valence-electron chi connectivity index (χ2n) is 2.87. The molecular formula is C6H16OP2. The molecule has 3 heteroatoms. The molecule has 0 aromatic heterocycles. The van der Waals surface area contributed by atoms with Crippen LogP contribution in [-0.4, -0.2) is 17.6 Å². The molecule has 0 aromatic rings. The maximum Gasteiger partial charge on any atom is 0.0591 e. The number of hydrogen-bond donors (Lipinski definition) is 0. The smallest absolute Gasteiger partial charge is 0.0591 e. The minimum atomic E-state index is 0.143. The molecule has 2 unspecified atom stereocenters. The van der Waals surface area contributed by atoms with Crippen molar-refractivity contribution in [3.05, 3.63) is 0 Å². The van der Waals surface area contributed by atoms with Gasteiger partial charge in [0.1, 0.15) is 0 Å². The zero-order valence-corrected chi connectivity index (χ0v) is 8.66. The van der Waals surface area contributed by atoms with Gasteiger partial charge in [0.15, 0.2) is 0 Å². The first-order chi connectivity index (χ1) is 3.92. The Kier molecular flexibility index (Phi) is 4.21. The highest BCUT2D eigenvalue weighted by molar-refractivity contribution is 7.39. The van der Waals surface area contributed by atoms with Gasteiger partial charge < -0.3 is 4.74 Å². The first-order valence-corrected chi connectivity index (χ1v) is 4.26. The topological polar surface area (TPSA) is 9.23 Å². The predicted molar refractivity (Wildman–Crippen MR) is 48.9 cm³/mol. The van der Waals surface area contributed by atoms with E-state index in [2.05, 4.69) is 25.4 Å². The largest absolute Gasteiger partial charge is 0.378 e. The summed E-state index contributed by atoms with van der Waals surface area (Å²) in [6.45, 7) is 6.97. The quantitative estimate of drug-likeness (QED) is 0.581. The summed E-state index contributed by atoms with van der Waals surface area (Å²) in [7, 11) is 5.44. The highest BCUT2D eigenvalue weighted by atomic mass is 31.1. The molecule has 0 aromatic carbocycles. The van der Waals surface area contributed by atoms with Crippen molar-refractivity contribution in [1.29, 1.82) is 0 Å². The zero-order chi connectivity index (χ0) is 7.49. The Labute approximate surface area is 62.3 Å². The van der Waals surface area contributed by atoms with E-state index in [1.54, 1.807) is 0 Å². The molecule has 0 aliphatic carbocycles. The van der Waals surface area contributed by atoms with Gasteiger partial charge in [-0.15, -0.1) is 18.5 Å². The summed E-state index contributed by atoms with van der Waals surface area (Å²) in [5, 5.41) is 0. The van der Waals surface area contributed by atoms with Crippen LogP contribution in [0.25, 0.3) is 0 Å². The molecule has 0 saturated carbocycles.